The molecule has 1 aromatic rings. The first-order valence-corrected chi connectivity index (χ1v) is 7.68. The molecule has 6 heteroatoms. The normalized spacial score (nSPS) is 17.3. The van der Waals surface area contributed by atoms with Gasteiger partial charge in [0.05, 0.1) is 4.91 Å². The topological polar surface area (TPSA) is 40.5 Å². The molecular formula is C13H10INO2S2. The molecule has 1 saturated heterocycles. The number of hydrogen-bond acceptors (Lipinski definition) is 4. The average Bonchev–Trinajstić information content (AvgIpc) is 2.62. The smallest absolute Gasteiger partial charge is 0.266 e. The molecule has 1 heterocycles. The molecule has 1 aliphatic heterocycles. The van der Waals surface area contributed by atoms with Gasteiger partial charge in [0.2, 0.25) is 0 Å². The van der Waals surface area contributed by atoms with Gasteiger partial charge in [-0.25, -0.2) is 0 Å². The zero-order chi connectivity index (χ0) is 14.0. The van der Waals surface area contributed by atoms with Crippen LogP contribution < -0.4 is 0 Å². The van der Waals surface area contributed by atoms with E-state index in [4.69, 9.17) is 12.2 Å². The van der Waals surface area contributed by atoms with Crippen LogP contribution in [-0.4, -0.2) is 26.8 Å². The lowest BCUT2D eigenvalue weighted by atomic mass is 10.2. The van der Waals surface area contributed by atoms with Gasteiger partial charge in [0, 0.05) is 15.7 Å². The highest BCUT2D eigenvalue weighted by atomic mass is 127. The molecule has 1 aromatic carbocycles. The van der Waals surface area contributed by atoms with Gasteiger partial charge in [0.25, 0.3) is 5.91 Å². The van der Waals surface area contributed by atoms with E-state index in [0.29, 0.717) is 21.3 Å². The van der Waals surface area contributed by atoms with E-state index in [1.54, 1.807) is 24.3 Å². The summed E-state index contributed by atoms with van der Waals surface area (Å²) in [6.07, 6.45) is 3.30. The highest BCUT2D eigenvalue weighted by Crippen LogP contribution is 2.34. The third-order valence-corrected chi connectivity index (χ3v) is 4.51. The van der Waals surface area contributed by atoms with Crippen LogP contribution in [0.5, 0.6) is 5.75 Å². The second-order valence-electron chi connectivity index (χ2n) is 3.78. The molecule has 0 spiro atoms. The summed E-state index contributed by atoms with van der Waals surface area (Å²) in [4.78, 5) is 14.1. The van der Waals surface area contributed by atoms with E-state index in [2.05, 4.69) is 29.2 Å². The summed E-state index contributed by atoms with van der Waals surface area (Å²) in [5.74, 6) is 0.00238. The number of nitrogens with zero attached hydrogens (tertiary/aromatic N) is 1. The van der Waals surface area contributed by atoms with Crippen molar-refractivity contribution in [1.29, 1.82) is 0 Å². The quantitative estimate of drug-likeness (QED) is 0.364. The lowest BCUT2D eigenvalue weighted by Gasteiger charge is -2.10. The van der Waals surface area contributed by atoms with E-state index in [1.165, 1.54) is 16.7 Å². The Morgan fingerprint density at radius 2 is 2.26 bits per heavy atom. The van der Waals surface area contributed by atoms with Gasteiger partial charge in [-0.05, 0) is 46.9 Å². The molecule has 1 aliphatic rings. The van der Waals surface area contributed by atoms with Gasteiger partial charge in [-0.3, -0.25) is 9.69 Å². The Bertz CT molecular complexity index is 598. The van der Waals surface area contributed by atoms with Crippen molar-refractivity contribution in [3.8, 4) is 5.75 Å². The van der Waals surface area contributed by atoms with E-state index >= 15 is 0 Å². The number of benzene rings is 1. The fraction of sp³-hybridized carbons (Fsp3) is 0.0769. The largest absolute Gasteiger partial charge is 0.507 e. The Hall–Kier alpha value is -0.860. The Morgan fingerprint density at radius 1 is 1.53 bits per heavy atom. The average molecular weight is 403 g/mol. The Morgan fingerprint density at radius 3 is 2.95 bits per heavy atom. The number of thiocarbonyl (C=S) groups is 1. The monoisotopic (exact) mass is 403 g/mol. The molecule has 2 rings (SSSR count). The van der Waals surface area contributed by atoms with Crippen LogP contribution in [0.2, 0.25) is 0 Å². The molecule has 1 amide bonds. The van der Waals surface area contributed by atoms with Crippen molar-refractivity contribution in [2.75, 3.05) is 6.54 Å². The summed E-state index contributed by atoms with van der Waals surface area (Å²) in [6.45, 7) is 4.01. The standard InChI is InChI=1S/C13H10INO2S2/c1-2-5-15-12(17)11(19-13(15)18)7-8-6-9(14)3-4-10(8)16/h2-4,6-7,16H,1,5H2. The third kappa shape index (κ3) is 3.18. The summed E-state index contributed by atoms with van der Waals surface area (Å²) in [6, 6.07) is 5.23. The molecule has 0 atom stereocenters. The van der Waals surface area contributed by atoms with Crippen LogP contribution in [0.25, 0.3) is 6.08 Å². The summed E-state index contributed by atoms with van der Waals surface area (Å²) in [7, 11) is 0. The second-order valence-corrected chi connectivity index (χ2v) is 6.71. The second kappa shape index (κ2) is 6.06. The molecule has 1 N–H and O–H groups in total. The van der Waals surface area contributed by atoms with Gasteiger partial charge >= 0.3 is 0 Å². The Kier molecular flexibility index (Phi) is 4.64. The van der Waals surface area contributed by atoms with Crippen LogP contribution >= 0.6 is 46.6 Å². The van der Waals surface area contributed by atoms with Crippen molar-refractivity contribution in [3.63, 3.8) is 0 Å². The fourth-order valence-electron chi connectivity index (χ4n) is 1.57. The number of halogens is 1. The van der Waals surface area contributed by atoms with Crippen LogP contribution in [0.4, 0.5) is 0 Å². The molecule has 0 aromatic heterocycles. The number of carbonyl (C=O) groups is 1. The molecular weight excluding hydrogens is 393 g/mol. The predicted octanol–water partition coefficient (Wildman–Crippen LogP) is 3.38. The third-order valence-electron chi connectivity index (χ3n) is 2.46. The molecule has 0 radical (unpaired) electrons. The van der Waals surface area contributed by atoms with Crippen molar-refractivity contribution in [3.05, 3.63) is 44.9 Å². The summed E-state index contributed by atoms with van der Waals surface area (Å²) >= 11 is 8.54. The SMILES string of the molecule is C=CCN1C(=O)C(=Cc2cc(I)ccc2O)SC1=S. The number of thioether (sulfide) groups is 1. The molecule has 0 aliphatic carbocycles. The predicted molar refractivity (Wildman–Crippen MR) is 90.9 cm³/mol. The first-order chi connectivity index (χ1) is 9.02. The van der Waals surface area contributed by atoms with Crippen molar-refractivity contribution >= 4 is 62.9 Å². The van der Waals surface area contributed by atoms with Crippen LogP contribution in [0.3, 0.4) is 0 Å². The number of hydrogen-bond donors (Lipinski definition) is 1. The first kappa shape index (κ1) is 14.5. The molecule has 3 nitrogen and oxygen atoms in total. The van der Waals surface area contributed by atoms with Crippen LogP contribution in [-0.2, 0) is 4.79 Å². The highest BCUT2D eigenvalue weighted by Gasteiger charge is 2.31. The molecule has 0 saturated carbocycles. The number of aromatic hydroxyl groups is 1. The first-order valence-electron chi connectivity index (χ1n) is 5.37. The minimum atomic E-state index is -0.145. The summed E-state index contributed by atoms with van der Waals surface area (Å²) in [5.41, 5.74) is 0.617. The Labute approximate surface area is 134 Å². The van der Waals surface area contributed by atoms with Crippen LogP contribution in [0.15, 0.2) is 35.8 Å². The molecule has 19 heavy (non-hydrogen) atoms. The minimum absolute atomic E-state index is 0.145. The van der Waals surface area contributed by atoms with Crippen molar-refractivity contribution < 1.29 is 9.90 Å². The van der Waals surface area contributed by atoms with E-state index in [0.717, 1.165) is 3.57 Å². The van der Waals surface area contributed by atoms with Gasteiger partial charge in [0.15, 0.2) is 0 Å². The zero-order valence-corrected chi connectivity index (χ0v) is 13.6. The maximum atomic E-state index is 12.1. The van der Waals surface area contributed by atoms with Crippen molar-refractivity contribution in [1.82, 2.24) is 4.90 Å². The highest BCUT2D eigenvalue weighted by molar-refractivity contribution is 14.1. The van der Waals surface area contributed by atoms with Gasteiger partial charge in [0.1, 0.15) is 10.1 Å². The summed E-state index contributed by atoms with van der Waals surface area (Å²) in [5, 5.41) is 9.79. The lowest BCUT2D eigenvalue weighted by Crippen LogP contribution is -2.27. The van der Waals surface area contributed by atoms with Crippen molar-refractivity contribution in [2.45, 2.75) is 0 Å². The molecule has 1 fully saturated rings. The van der Waals surface area contributed by atoms with E-state index in [9.17, 15) is 9.90 Å². The molecule has 0 unspecified atom stereocenters. The van der Waals surface area contributed by atoms with Crippen molar-refractivity contribution in [2.24, 2.45) is 0 Å². The molecule has 98 valence electrons. The maximum Gasteiger partial charge on any atom is 0.266 e. The van der Waals surface area contributed by atoms with E-state index in [-0.39, 0.29) is 11.7 Å². The van der Waals surface area contributed by atoms with Gasteiger partial charge in [-0.15, -0.1) is 6.58 Å². The van der Waals surface area contributed by atoms with Gasteiger partial charge in [-0.2, -0.15) is 0 Å². The van der Waals surface area contributed by atoms with Gasteiger partial charge < -0.3 is 5.11 Å². The lowest BCUT2D eigenvalue weighted by molar-refractivity contribution is -0.121. The maximum absolute atomic E-state index is 12.1. The number of amides is 1. The minimum Gasteiger partial charge on any atom is -0.507 e. The van der Waals surface area contributed by atoms with Crippen LogP contribution in [0.1, 0.15) is 5.56 Å². The number of rotatable bonds is 3. The zero-order valence-electron chi connectivity index (χ0n) is 9.80. The van der Waals surface area contributed by atoms with Crippen LogP contribution in [0, 0.1) is 3.57 Å². The van der Waals surface area contributed by atoms with Gasteiger partial charge in [-0.1, -0.05) is 30.1 Å². The van der Waals surface area contributed by atoms with E-state index < -0.39 is 0 Å². The number of carbonyl (C=O) groups excluding carboxylic acids is 1. The fourth-order valence-corrected chi connectivity index (χ4v) is 3.35. The number of phenols is 1. The van der Waals surface area contributed by atoms with E-state index in [1.807, 2.05) is 6.07 Å². The summed E-state index contributed by atoms with van der Waals surface area (Å²) < 4.78 is 1.50. The number of phenolic OH excluding ortho intramolecular Hbond substituents is 1. The molecule has 0 bridgehead atoms. The Balaban J connectivity index is 2.34.